The Bertz CT molecular complexity index is 185. The molecule has 0 aromatic heterocycles. The summed E-state index contributed by atoms with van der Waals surface area (Å²) in [6.45, 7) is 2.80. The molecule has 0 aromatic carbocycles. The van der Waals surface area contributed by atoms with Crippen LogP contribution in [0.15, 0.2) is 0 Å². The first-order valence-corrected chi connectivity index (χ1v) is 4.38. The van der Waals surface area contributed by atoms with Crippen molar-refractivity contribution in [2.75, 3.05) is 26.7 Å². The molecular formula is C8H14N2O2. The van der Waals surface area contributed by atoms with Crippen LogP contribution < -0.4 is 10.6 Å². The van der Waals surface area contributed by atoms with Gasteiger partial charge >= 0.3 is 6.09 Å². The van der Waals surface area contributed by atoms with Crippen molar-refractivity contribution in [3.63, 3.8) is 0 Å². The van der Waals surface area contributed by atoms with Crippen LogP contribution in [0.2, 0.25) is 0 Å². The number of fused-ring (bicyclic) bond motifs is 1. The van der Waals surface area contributed by atoms with Gasteiger partial charge < -0.3 is 15.4 Å². The van der Waals surface area contributed by atoms with E-state index in [1.165, 1.54) is 0 Å². The minimum absolute atomic E-state index is 0.312. The molecule has 4 nitrogen and oxygen atoms in total. The molecule has 1 aliphatic carbocycles. The van der Waals surface area contributed by atoms with Crippen LogP contribution in [0.5, 0.6) is 0 Å². The van der Waals surface area contributed by atoms with Gasteiger partial charge in [0.05, 0.1) is 6.61 Å². The Hall–Kier alpha value is -0.770. The number of carbonyl (C=O) groups excluding carboxylic acids is 1. The van der Waals surface area contributed by atoms with E-state index in [1.807, 2.05) is 0 Å². The van der Waals surface area contributed by atoms with Gasteiger partial charge in [-0.05, 0) is 24.9 Å². The molecule has 0 bridgehead atoms. The van der Waals surface area contributed by atoms with Crippen LogP contribution in [-0.4, -0.2) is 32.8 Å². The van der Waals surface area contributed by atoms with Gasteiger partial charge in [0.2, 0.25) is 0 Å². The number of ether oxygens (including phenoxy) is 1. The van der Waals surface area contributed by atoms with Crippen LogP contribution in [-0.2, 0) is 4.74 Å². The number of nitrogens with one attached hydrogen (secondary N) is 2. The van der Waals surface area contributed by atoms with Crippen molar-refractivity contribution in [2.45, 2.75) is 0 Å². The van der Waals surface area contributed by atoms with Crippen LogP contribution in [0.4, 0.5) is 4.79 Å². The van der Waals surface area contributed by atoms with E-state index in [2.05, 4.69) is 10.6 Å². The fourth-order valence-corrected chi connectivity index (χ4v) is 2.04. The summed E-state index contributed by atoms with van der Waals surface area (Å²) in [6, 6.07) is 0. The first-order chi connectivity index (χ1) is 5.83. The van der Waals surface area contributed by atoms with E-state index < -0.39 is 0 Å². The largest absolute Gasteiger partial charge is 0.449 e. The van der Waals surface area contributed by atoms with Crippen molar-refractivity contribution in [1.82, 2.24) is 10.6 Å². The van der Waals surface area contributed by atoms with E-state index in [4.69, 9.17) is 4.74 Å². The molecule has 68 valence electrons. The van der Waals surface area contributed by atoms with E-state index in [0.717, 1.165) is 24.9 Å². The minimum Gasteiger partial charge on any atom is -0.449 e. The molecule has 1 saturated carbocycles. The molecule has 1 aliphatic heterocycles. The Morgan fingerprint density at radius 2 is 2.25 bits per heavy atom. The Balaban J connectivity index is 1.67. The summed E-state index contributed by atoms with van der Waals surface area (Å²) in [6.07, 6.45) is -0.312. The van der Waals surface area contributed by atoms with Gasteiger partial charge in [0, 0.05) is 13.0 Å². The van der Waals surface area contributed by atoms with Crippen molar-refractivity contribution in [2.24, 2.45) is 17.8 Å². The normalized spacial score (nSPS) is 37.2. The Morgan fingerprint density at radius 1 is 1.58 bits per heavy atom. The fourth-order valence-electron chi connectivity index (χ4n) is 2.04. The second-order valence-electron chi connectivity index (χ2n) is 3.50. The lowest BCUT2D eigenvalue weighted by atomic mass is 10.3. The molecule has 2 N–H and O–H groups in total. The van der Waals surface area contributed by atoms with Crippen LogP contribution >= 0.6 is 0 Å². The predicted octanol–water partition coefficient (Wildman–Crippen LogP) is -0.192. The molecule has 0 spiro atoms. The van der Waals surface area contributed by atoms with Crippen molar-refractivity contribution >= 4 is 6.09 Å². The highest BCUT2D eigenvalue weighted by Gasteiger charge is 2.53. The van der Waals surface area contributed by atoms with Crippen molar-refractivity contribution in [1.29, 1.82) is 0 Å². The monoisotopic (exact) mass is 170 g/mol. The quantitative estimate of drug-likeness (QED) is 0.604. The van der Waals surface area contributed by atoms with Gasteiger partial charge in [-0.2, -0.15) is 0 Å². The van der Waals surface area contributed by atoms with Gasteiger partial charge in [0.25, 0.3) is 0 Å². The highest BCUT2D eigenvalue weighted by molar-refractivity contribution is 5.66. The standard InChI is InChI=1S/C8H14N2O2/c1-9-8(11)12-4-7-5-2-10-3-6(5)7/h5-7,10H,2-4H2,1H3,(H,9,11)/t5-,6+,7?. The zero-order valence-corrected chi connectivity index (χ0v) is 7.17. The van der Waals surface area contributed by atoms with Gasteiger partial charge in [-0.15, -0.1) is 0 Å². The number of carbonyl (C=O) groups is 1. The molecule has 12 heavy (non-hydrogen) atoms. The smallest absolute Gasteiger partial charge is 0.406 e. The molecule has 2 rings (SSSR count). The molecule has 2 fully saturated rings. The van der Waals surface area contributed by atoms with E-state index in [9.17, 15) is 4.79 Å². The number of hydrogen-bond donors (Lipinski definition) is 2. The van der Waals surface area contributed by atoms with Gasteiger partial charge in [-0.25, -0.2) is 4.79 Å². The lowest BCUT2D eigenvalue weighted by molar-refractivity contribution is 0.139. The topological polar surface area (TPSA) is 50.4 Å². The summed E-state index contributed by atoms with van der Waals surface area (Å²) in [7, 11) is 1.58. The third-order valence-corrected chi connectivity index (χ3v) is 2.88. The first-order valence-electron chi connectivity index (χ1n) is 4.38. The van der Waals surface area contributed by atoms with Gasteiger partial charge in [0.1, 0.15) is 0 Å². The molecule has 0 radical (unpaired) electrons. The predicted molar refractivity (Wildman–Crippen MR) is 43.7 cm³/mol. The maximum Gasteiger partial charge on any atom is 0.406 e. The molecule has 1 unspecified atom stereocenters. The Morgan fingerprint density at radius 3 is 2.83 bits per heavy atom. The first kappa shape index (κ1) is 7.86. The molecule has 1 heterocycles. The van der Waals surface area contributed by atoms with E-state index in [-0.39, 0.29) is 6.09 Å². The molecule has 4 heteroatoms. The third kappa shape index (κ3) is 1.27. The van der Waals surface area contributed by atoms with Crippen LogP contribution in [0.1, 0.15) is 0 Å². The highest BCUT2D eigenvalue weighted by atomic mass is 16.5. The van der Waals surface area contributed by atoms with Crippen molar-refractivity contribution in [3.8, 4) is 0 Å². The van der Waals surface area contributed by atoms with Crippen molar-refractivity contribution in [3.05, 3.63) is 0 Å². The second-order valence-corrected chi connectivity index (χ2v) is 3.50. The van der Waals surface area contributed by atoms with Crippen LogP contribution in [0, 0.1) is 17.8 Å². The van der Waals surface area contributed by atoms with E-state index in [0.29, 0.717) is 12.5 Å². The fraction of sp³-hybridized carbons (Fsp3) is 0.875. The molecule has 3 atom stereocenters. The summed E-state index contributed by atoms with van der Waals surface area (Å²) in [5.74, 6) is 2.17. The van der Waals surface area contributed by atoms with Gasteiger partial charge in [-0.1, -0.05) is 0 Å². The number of rotatable bonds is 2. The molecular weight excluding hydrogens is 156 g/mol. The lowest BCUT2D eigenvalue weighted by Crippen LogP contribution is -2.23. The number of alkyl carbamates (subject to hydrolysis) is 1. The maximum atomic E-state index is 10.7. The van der Waals surface area contributed by atoms with Crippen LogP contribution in [0.3, 0.4) is 0 Å². The summed E-state index contributed by atoms with van der Waals surface area (Å²) in [5, 5.41) is 5.73. The molecule has 1 amide bonds. The Kier molecular flexibility index (Phi) is 1.92. The summed E-state index contributed by atoms with van der Waals surface area (Å²) in [4.78, 5) is 10.7. The number of hydrogen-bond acceptors (Lipinski definition) is 3. The third-order valence-electron chi connectivity index (χ3n) is 2.88. The molecule has 2 aliphatic rings. The number of amides is 1. The van der Waals surface area contributed by atoms with E-state index >= 15 is 0 Å². The van der Waals surface area contributed by atoms with Crippen molar-refractivity contribution < 1.29 is 9.53 Å². The second kappa shape index (κ2) is 2.94. The zero-order chi connectivity index (χ0) is 8.55. The molecule has 0 aromatic rings. The summed E-state index contributed by atoms with van der Waals surface area (Å²) in [5.41, 5.74) is 0. The summed E-state index contributed by atoms with van der Waals surface area (Å²) >= 11 is 0. The summed E-state index contributed by atoms with van der Waals surface area (Å²) < 4.78 is 4.97. The van der Waals surface area contributed by atoms with Crippen LogP contribution in [0.25, 0.3) is 0 Å². The van der Waals surface area contributed by atoms with E-state index in [1.54, 1.807) is 7.05 Å². The average Bonchev–Trinajstić information content (AvgIpc) is 2.55. The molecule has 1 saturated heterocycles. The SMILES string of the molecule is CNC(=O)OCC1[C@H]2CNC[C@@H]12. The zero-order valence-electron chi connectivity index (χ0n) is 7.17. The Labute approximate surface area is 71.7 Å². The lowest BCUT2D eigenvalue weighted by Gasteiger charge is -2.05. The van der Waals surface area contributed by atoms with Gasteiger partial charge in [-0.3, -0.25) is 0 Å². The number of piperidine rings is 1. The maximum absolute atomic E-state index is 10.7. The highest BCUT2D eigenvalue weighted by Crippen LogP contribution is 2.48. The van der Waals surface area contributed by atoms with Gasteiger partial charge in [0.15, 0.2) is 0 Å². The average molecular weight is 170 g/mol. The minimum atomic E-state index is -0.312.